The Morgan fingerprint density at radius 2 is 1.62 bits per heavy atom. The number of benzene rings is 3. The highest BCUT2D eigenvalue weighted by atomic mass is 16.5. The van der Waals surface area contributed by atoms with Crippen LogP contribution in [0.15, 0.2) is 48.7 Å². The van der Waals surface area contributed by atoms with Gasteiger partial charge in [0.1, 0.15) is 36.1 Å². The predicted molar refractivity (Wildman–Crippen MR) is 223 cm³/mol. The molecule has 5 aromatic rings. The summed E-state index contributed by atoms with van der Waals surface area (Å²) < 4.78 is 21.4. The standard InChI is InChI=1S/C44H52N8O8/c1-22(2)36(49-43(55)58-6)42(54)52-23(3)10-15-34(52)39-45-20-32(47-39)26-11-13-28-27(17-26)21-60-35-19-29-25(18-30(28)35)12-14-31-38(29)48-40(46-31)33-9-8-16-51(33)41(53)37(24(4)57-5)50-44(56)59-7/h11-14,17-20,22-24,33-34,36-37H,8-10,15-16,21H2,1-7H3,(H,45,47)(H,46,48)(H,49,55)(H,50,56)/t23-,24+,33-,34-,36-,37-/m0/s1. The maximum atomic E-state index is 13.9. The van der Waals surface area contributed by atoms with Gasteiger partial charge in [0.15, 0.2) is 0 Å². The van der Waals surface area contributed by atoms with E-state index in [4.69, 9.17) is 28.9 Å². The summed E-state index contributed by atoms with van der Waals surface area (Å²) in [6.45, 7) is 8.47. The normalized spacial score (nSPS) is 20.0. The number of alkyl carbamates (subject to hydrolysis) is 2. The van der Waals surface area contributed by atoms with Crippen LogP contribution in [0, 0.1) is 5.92 Å². The number of carbonyl (C=O) groups excluding carboxylic acids is 4. The number of carbonyl (C=O) groups is 4. The summed E-state index contributed by atoms with van der Waals surface area (Å²) in [6.07, 6.45) is 2.99. The van der Waals surface area contributed by atoms with Gasteiger partial charge in [-0.15, -0.1) is 0 Å². The van der Waals surface area contributed by atoms with Gasteiger partial charge in [-0.1, -0.05) is 32.0 Å². The summed E-state index contributed by atoms with van der Waals surface area (Å²) in [5, 5.41) is 7.33. The lowest BCUT2D eigenvalue weighted by Gasteiger charge is -2.32. The molecule has 60 heavy (non-hydrogen) atoms. The van der Waals surface area contributed by atoms with Crippen molar-refractivity contribution in [2.75, 3.05) is 27.9 Å². The third-order valence-electron chi connectivity index (χ3n) is 12.3. The zero-order valence-corrected chi connectivity index (χ0v) is 35.0. The molecule has 8 rings (SSSR count). The first kappa shape index (κ1) is 40.6. The van der Waals surface area contributed by atoms with Gasteiger partial charge in [0.05, 0.1) is 55.3 Å². The van der Waals surface area contributed by atoms with Gasteiger partial charge in [0.2, 0.25) is 11.8 Å². The molecule has 3 aliphatic rings. The molecule has 2 aromatic heterocycles. The molecule has 3 aliphatic heterocycles. The third-order valence-corrected chi connectivity index (χ3v) is 12.3. The number of H-pyrrole nitrogens is 2. The number of aromatic nitrogens is 4. The molecule has 4 N–H and O–H groups in total. The number of aromatic amines is 2. The molecule has 0 radical (unpaired) electrons. The van der Waals surface area contributed by atoms with Gasteiger partial charge >= 0.3 is 12.2 Å². The van der Waals surface area contributed by atoms with E-state index >= 15 is 0 Å². The van der Waals surface area contributed by atoms with Crippen molar-refractivity contribution in [3.8, 4) is 28.1 Å². The first-order chi connectivity index (χ1) is 28.9. The fourth-order valence-electron chi connectivity index (χ4n) is 8.97. The molecule has 0 saturated carbocycles. The van der Waals surface area contributed by atoms with Crippen LogP contribution in [0.3, 0.4) is 0 Å². The van der Waals surface area contributed by atoms with E-state index in [1.807, 2.05) is 37.9 Å². The molecule has 0 bridgehead atoms. The van der Waals surface area contributed by atoms with Crippen LogP contribution in [-0.4, -0.2) is 106 Å². The Bertz CT molecular complexity index is 2460. The highest BCUT2D eigenvalue weighted by molar-refractivity contribution is 6.07. The zero-order chi connectivity index (χ0) is 42.4. The van der Waals surface area contributed by atoms with Crippen molar-refractivity contribution in [2.24, 2.45) is 5.92 Å². The number of nitrogens with one attached hydrogen (secondary N) is 4. The average Bonchev–Trinajstić information content (AvgIpc) is 4.09. The molecular weight excluding hydrogens is 769 g/mol. The fraction of sp³-hybridized carbons (Fsp3) is 0.455. The summed E-state index contributed by atoms with van der Waals surface area (Å²) in [5.74, 6) is 1.61. The van der Waals surface area contributed by atoms with E-state index < -0.39 is 30.4 Å². The smallest absolute Gasteiger partial charge is 0.407 e. The van der Waals surface area contributed by atoms with E-state index in [-0.39, 0.29) is 35.9 Å². The molecule has 0 aliphatic carbocycles. The summed E-state index contributed by atoms with van der Waals surface area (Å²) in [6, 6.07) is 12.3. The quantitative estimate of drug-likeness (QED) is 0.121. The van der Waals surface area contributed by atoms with Gasteiger partial charge < -0.3 is 49.3 Å². The van der Waals surface area contributed by atoms with Crippen molar-refractivity contribution in [1.29, 1.82) is 0 Å². The van der Waals surface area contributed by atoms with Gasteiger partial charge in [-0.3, -0.25) is 9.59 Å². The van der Waals surface area contributed by atoms with Crippen LogP contribution in [0.5, 0.6) is 5.75 Å². The number of imidazole rings is 2. The highest BCUT2D eigenvalue weighted by Crippen LogP contribution is 2.44. The zero-order valence-electron chi connectivity index (χ0n) is 35.0. The van der Waals surface area contributed by atoms with Crippen LogP contribution in [0.1, 0.15) is 82.7 Å². The van der Waals surface area contributed by atoms with Crippen LogP contribution < -0.4 is 15.4 Å². The van der Waals surface area contributed by atoms with E-state index in [0.717, 1.165) is 81.2 Å². The molecule has 316 valence electrons. The van der Waals surface area contributed by atoms with Crippen LogP contribution in [0.25, 0.3) is 44.2 Å². The van der Waals surface area contributed by atoms with E-state index in [1.165, 1.54) is 21.3 Å². The van der Waals surface area contributed by atoms with Crippen molar-refractivity contribution in [1.82, 2.24) is 40.4 Å². The number of likely N-dealkylation sites (tertiary alicyclic amines) is 2. The van der Waals surface area contributed by atoms with Crippen molar-refractivity contribution in [2.45, 2.75) is 96.3 Å². The van der Waals surface area contributed by atoms with Gasteiger partial charge in [-0.05, 0) is 91.8 Å². The maximum Gasteiger partial charge on any atom is 0.407 e. The second-order valence-electron chi connectivity index (χ2n) is 16.3. The number of hydrogen-bond donors (Lipinski definition) is 4. The summed E-state index contributed by atoms with van der Waals surface area (Å²) in [7, 11) is 4.05. The topological polar surface area (TPSA) is 193 Å². The third kappa shape index (κ3) is 7.37. The number of nitrogens with zero attached hydrogens (tertiary/aromatic N) is 4. The average molecular weight is 821 g/mol. The van der Waals surface area contributed by atoms with E-state index in [9.17, 15) is 19.2 Å². The number of fused-ring (bicyclic) bond motifs is 6. The van der Waals surface area contributed by atoms with E-state index in [0.29, 0.717) is 24.8 Å². The van der Waals surface area contributed by atoms with Crippen molar-refractivity contribution < 1.29 is 38.1 Å². The fourth-order valence-corrected chi connectivity index (χ4v) is 8.97. The maximum absolute atomic E-state index is 13.9. The molecule has 16 heteroatoms. The number of methoxy groups -OCH3 is 3. The molecule has 4 amide bonds. The molecular formula is C44H52N8O8. The molecule has 3 aromatic carbocycles. The van der Waals surface area contributed by atoms with Crippen molar-refractivity contribution in [3.63, 3.8) is 0 Å². The van der Waals surface area contributed by atoms with Crippen molar-refractivity contribution >= 4 is 45.8 Å². The van der Waals surface area contributed by atoms with Crippen LogP contribution in [-0.2, 0) is 30.4 Å². The second kappa shape index (κ2) is 16.5. The Kier molecular flexibility index (Phi) is 11.2. The predicted octanol–water partition coefficient (Wildman–Crippen LogP) is 6.52. The molecule has 2 fully saturated rings. The minimum atomic E-state index is -0.918. The summed E-state index contributed by atoms with van der Waals surface area (Å²) in [5.41, 5.74) is 6.52. The Morgan fingerprint density at radius 1 is 0.850 bits per heavy atom. The lowest BCUT2D eigenvalue weighted by atomic mass is 9.92. The Balaban J connectivity index is 1.04. The lowest BCUT2D eigenvalue weighted by molar-refractivity contribution is -0.138. The first-order valence-corrected chi connectivity index (χ1v) is 20.5. The van der Waals surface area contributed by atoms with Crippen LogP contribution >= 0.6 is 0 Å². The highest BCUT2D eigenvalue weighted by Gasteiger charge is 2.42. The number of ether oxygens (including phenoxy) is 4. The Morgan fingerprint density at radius 3 is 2.35 bits per heavy atom. The van der Waals surface area contributed by atoms with Gasteiger partial charge in [-0.25, -0.2) is 19.6 Å². The SMILES string of the molecule is COC(=O)N[C@H](C(=O)N1[C@@H](C)CC[C@H]1c1ncc(-c2ccc3c(c2)COc2cc4c(ccc5nc([C@@H]6CCCN6C(=O)[C@@H](NC(=O)OC)[C@@H](C)OC)[nH]c54)cc2-3)[nH]1)C(C)C. The van der Waals surface area contributed by atoms with E-state index in [2.05, 4.69) is 57.0 Å². The molecule has 16 nitrogen and oxygen atoms in total. The lowest BCUT2D eigenvalue weighted by Crippen LogP contribution is -2.54. The largest absolute Gasteiger partial charge is 0.488 e. The van der Waals surface area contributed by atoms with Crippen molar-refractivity contribution in [3.05, 3.63) is 65.9 Å². The molecule has 6 atom stereocenters. The minimum absolute atomic E-state index is 0.0185. The van der Waals surface area contributed by atoms with Crippen LogP contribution in [0.4, 0.5) is 9.59 Å². The Hall–Kier alpha value is -6.16. The number of hydrogen-bond acceptors (Lipinski definition) is 10. The Labute approximate surface area is 347 Å². The minimum Gasteiger partial charge on any atom is -0.488 e. The summed E-state index contributed by atoms with van der Waals surface area (Å²) >= 11 is 0. The monoisotopic (exact) mass is 820 g/mol. The summed E-state index contributed by atoms with van der Waals surface area (Å²) in [4.78, 5) is 72.3. The number of rotatable bonds is 10. The second-order valence-corrected chi connectivity index (χ2v) is 16.3. The molecule has 0 unspecified atom stereocenters. The molecule has 2 saturated heterocycles. The first-order valence-electron chi connectivity index (χ1n) is 20.5. The van der Waals surface area contributed by atoms with E-state index in [1.54, 1.807) is 11.8 Å². The van der Waals surface area contributed by atoms with Gasteiger partial charge in [0.25, 0.3) is 0 Å². The molecule has 5 heterocycles. The number of amides is 4. The van der Waals surface area contributed by atoms with Gasteiger partial charge in [-0.2, -0.15) is 0 Å². The van der Waals surface area contributed by atoms with Gasteiger partial charge in [0, 0.05) is 30.6 Å². The van der Waals surface area contributed by atoms with Crippen LogP contribution in [0.2, 0.25) is 0 Å². The molecule has 0 spiro atoms.